The maximum atomic E-state index is 12.5. The first-order chi connectivity index (χ1) is 9.68. The summed E-state index contributed by atoms with van der Waals surface area (Å²) in [5, 5.41) is 0. The monoisotopic (exact) mass is 274 g/mol. The van der Waals surface area contributed by atoms with Crippen molar-refractivity contribution in [3.63, 3.8) is 0 Å². The number of nitrogens with zero attached hydrogens (tertiary/aromatic N) is 1. The minimum atomic E-state index is -0.466. The molecular weight excluding hydrogens is 252 g/mol. The van der Waals surface area contributed by atoms with Crippen LogP contribution in [0.15, 0.2) is 24.3 Å². The van der Waals surface area contributed by atoms with Crippen LogP contribution in [-0.4, -0.2) is 29.8 Å². The van der Waals surface area contributed by atoms with Gasteiger partial charge in [-0.1, -0.05) is 25.7 Å². The molecule has 0 spiro atoms. The Kier molecular flexibility index (Phi) is 5.16. The second-order valence-corrected chi connectivity index (χ2v) is 5.36. The van der Waals surface area contributed by atoms with Gasteiger partial charge < -0.3 is 10.6 Å². The van der Waals surface area contributed by atoms with Gasteiger partial charge >= 0.3 is 0 Å². The van der Waals surface area contributed by atoms with E-state index in [2.05, 4.69) is 0 Å². The van der Waals surface area contributed by atoms with Crippen LogP contribution in [-0.2, 0) is 0 Å². The molecule has 0 saturated carbocycles. The van der Waals surface area contributed by atoms with E-state index in [1.54, 1.807) is 24.3 Å². The normalized spacial score (nSPS) is 16.9. The molecule has 1 saturated heterocycles. The molecule has 1 heterocycles. The number of primary amides is 1. The van der Waals surface area contributed by atoms with Gasteiger partial charge in [0, 0.05) is 24.2 Å². The summed E-state index contributed by atoms with van der Waals surface area (Å²) in [5.74, 6) is -0.408. The molecule has 20 heavy (non-hydrogen) atoms. The molecule has 0 aromatic heterocycles. The van der Waals surface area contributed by atoms with E-state index < -0.39 is 5.91 Å². The minimum absolute atomic E-state index is 0.0583. The molecule has 1 aliphatic rings. The smallest absolute Gasteiger partial charge is 0.253 e. The van der Waals surface area contributed by atoms with Gasteiger partial charge in [-0.3, -0.25) is 9.59 Å². The van der Waals surface area contributed by atoms with E-state index in [9.17, 15) is 9.59 Å². The predicted molar refractivity (Wildman–Crippen MR) is 78.6 cm³/mol. The molecule has 2 rings (SSSR count). The lowest BCUT2D eigenvalue weighted by molar-refractivity contribution is 0.0752. The second-order valence-electron chi connectivity index (χ2n) is 5.36. The molecule has 1 aromatic carbocycles. The van der Waals surface area contributed by atoms with Crippen LogP contribution in [0.25, 0.3) is 0 Å². The molecule has 4 heteroatoms. The first kappa shape index (κ1) is 14.6. The van der Waals surface area contributed by atoms with Crippen LogP contribution in [0.5, 0.6) is 0 Å². The van der Waals surface area contributed by atoms with Gasteiger partial charge in [0.15, 0.2) is 0 Å². The lowest BCUT2D eigenvalue weighted by Crippen LogP contribution is -2.32. The molecule has 0 bridgehead atoms. The highest BCUT2D eigenvalue weighted by atomic mass is 16.2. The van der Waals surface area contributed by atoms with E-state index in [1.165, 1.54) is 25.7 Å². The number of rotatable bonds is 2. The third-order valence-corrected chi connectivity index (χ3v) is 3.81. The van der Waals surface area contributed by atoms with Gasteiger partial charge in [-0.2, -0.15) is 0 Å². The van der Waals surface area contributed by atoms with E-state index >= 15 is 0 Å². The summed E-state index contributed by atoms with van der Waals surface area (Å²) in [6, 6.07) is 6.61. The molecule has 0 unspecified atom stereocenters. The van der Waals surface area contributed by atoms with Crippen LogP contribution in [0.2, 0.25) is 0 Å². The Morgan fingerprint density at radius 1 is 0.800 bits per heavy atom. The Morgan fingerprint density at radius 2 is 1.25 bits per heavy atom. The standard InChI is InChI=1S/C16H22N2O2/c17-15(19)13-7-9-14(10-8-13)16(20)18-11-5-3-1-2-4-6-12-18/h7-10H,1-6,11-12H2,(H2,17,19). The van der Waals surface area contributed by atoms with Gasteiger partial charge in [-0.05, 0) is 37.1 Å². The highest BCUT2D eigenvalue weighted by Gasteiger charge is 2.16. The molecule has 0 aliphatic carbocycles. The van der Waals surface area contributed by atoms with Gasteiger partial charge in [-0.15, -0.1) is 0 Å². The van der Waals surface area contributed by atoms with Crippen molar-refractivity contribution in [1.82, 2.24) is 4.90 Å². The summed E-state index contributed by atoms with van der Waals surface area (Å²) in [4.78, 5) is 25.4. The van der Waals surface area contributed by atoms with E-state index in [1.807, 2.05) is 4.90 Å². The molecule has 0 radical (unpaired) electrons. The highest BCUT2D eigenvalue weighted by Crippen LogP contribution is 2.14. The Morgan fingerprint density at radius 3 is 1.75 bits per heavy atom. The van der Waals surface area contributed by atoms with Gasteiger partial charge in [0.25, 0.3) is 5.91 Å². The molecule has 1 fully saturated rings. The van der Waals surface area contributed by atoms with Crippen molar-refractivity contribution >= 4 is 11.8 Å². The summed E-state index contributed by atoms with van der Waals surface area (Å²) in [6.45, 7) is 1.66. The first-order valence-electron chi connectivity index (χ1n) is 7.37. The summed E-state index contributed by atoms with van der Waals surface area (Å²) in [5.41, 5.74) is 6.27. The van der Waals surface area contributed by atoms with Crippen molar-refractivity contribution in [1.29, 1.82) is 0 Å². The predicted octanol–water partition coefficient (Wildman–Crippen LogP) is 2.58. The van der Waals surface area contributed by atoms with Gasteiger partial charge in [0.1, 0.15) is 0 Å². The molecule has 1 aromatic rings. The zero-order valence-electron chi connectivity index (χ0n) is 11.8. The lowest BCUT2D eigenvalue weighted by atomic mass is 10.1. The van der Waals surface area contributed by atoms with Crippen molar-refractivity contribution in [2.24, 2.45) is 5.73 Å². The molecule has 4 nitrogen and oxygen atoms in total. The van der Waals surface area contributed by atoms with E-state index in [-0.39, 0.29) is 5.91 Å². The minimum Gasteiger partial charge on any atom is -0.366 e. The molecule has 2 N–H and O–H groups in total. The fourth-order valence-electron chi connectivity index (χ4n) is 2.59. The molecule has 0 atom stereocenters. The van der Waals surface area contributed by atoms with Crippen molar-refractivity contribution < 1.29 is 9.59 Å². The Balaban J connectivity index is 2.05. The van der Waals surface area contributed by atoms with E-state index in [0.717, 1.165) is 25.9 Å². The van der Waals surface area contributed by atoms with E-state index in [4.69, 9.17) is 5.73 Å². The number of hydrogen-bond acceptors (Lipinski definition) is 2. The van der Waals surface area contributed by atoms with Crippen molar-refractivity contribution in [2.75, 3.05) is 13.1 Å². The Bertz CT molecular complexity index is 458. The number of hydrogen-bond donors (Lipinski definition) is 1. The average Bonchev–Trinajstić information content (AvgIpc) is 2.60. The van der Waals surface area contributed by atoms with E-state index in [0.29, 0.717) is 11.1 Å². The fraction of sp³-hybridized carbons (Fsp3) is 0.500. The summed E-state index contributed by atoms with van der Waals surface area (Å²) >= 11 is 0. The average molecular weight is 274 g/mol. The molecule has 108 valence electrons. The Labute approximate surface area is 119 Å². The second kappa shape index (κ2) is 7.08. The van der Waals surface area contributed by atoms with Gasteiger partial charge in [-0.25, -0.2) is 0 Å². The number of amides is 2. The molecule has 1 aliphatic heterocycles. The molecule has 2 amide bonds. The maximum Gasteiger partial charge on any atom is 0.253 e. The third kappa shape index (κ3) is 3.83. The zero-order valence-corrected chi connectivity index (χ0v) is 11.8. The topological polar surface area (TPSA) is 63.4 Å². The largest absolute Gasteiger partial charge is 0.366 e. The zero-order chi connectivity index (χ0) is 14.4. The van der Waals surface area contributed by atoms with Crippen LogP contribution >= 0.6 is 0 Å². The third-order valence-electron chi connectivity index (χ3n) is 3.81. The van der Waals surface area contributed by atoms with Gasteiger partial charge in [0.2, 0.25) is 5.91 Å². The van der Waals surface area contributed by atoms with Gasteiger partial charge in [0.05, 0.1) is 0 Å². The fourth-order valence-corrected chi connectivity index (χ4v) is 2.59. The van der Waals surface area contributed by atoms with Crippen molar-refractivity contribution in [3.8, 4) is 0 Å². The number of benzene rings is 1. The van der Waals surface area contributed by atoms with Crippen LogP contribution in [0.3, 0.4) is 0 Å². The first-order valence-corrected chi connectivity index (χ1v) is 7.37. The quantitative estimate of drug-likeness (QED) is 0.901. The number of carbonyl (C=O) groups excluding carboxylic acids is 2. The van der Waals surface area contributed by atoms with Crippen LogP contribution in [0, 0.1) is 0 Å². The van der Waals surface area contributed by atoms with Crippen LogP contribution in [0.1, 0.15) is 59.2 Å². The highest BCUT2D eigenvalue weighted by molar-refractivity contribution is 5.97. The summed E-state index contributed by atoms with van der Waals surface area (Å²) in [7, 11) is 0. The summed E-state index contributed by atoms with van der Waals surface area (Å²) < 4.78 is 0. The van der Waals surface area contributed by atoms with Crippen LogP contribution in [0.4, 0.5) is 0 Å². The Hall–Kier alpha value is -1.84. The maximum absolute atomic E-state index is 12.5. The summed E-state index contributed by atoms with van der Waals surface area (Å²) in [6.07, 6.45) is 7.09. The SMILES string of the molecule is NC(=O)c1ccc(C(=O)N2CCCCCCCC2)cc1. The molecular formula is C16H22N2O2. The lowest BCUT2D eigenvalue weighted by Gasteiger charge is -2.22. The number of carbonyl (C=O) groups is 2. The number of nitrogens with two attached hydrogens (primary N) is 1. The van der Waals surface area contributed by atoms with Crippen molar-refractivity contribution in [3.05, 3.63) is 35.4 Å². The van der Waals surface area contributed by atoms with Crippen LogP contribution < -0.4 is 5.73 Å². The van der Waals surface area contributed by atoms with Crippen molar-refractivity contribution in [2.45, 2.75) is 38.5 Å².